The Morgan fingerprint density at radius 3 is 2.54 bits per heavy atom. The first-order chi connectivity index (χ1) is 13.3. The Bertz CT molecular complexity index is 1130. The first-order valence-corrected chi connectivity index (χ1v) is 8.51. The number of para-hydroxylation sites is 1. The molecule has 0 aliphatic carbocycles. The molecule has 0 saturated heterocycles. The molecule has 0 saturated carbocycles. The number of carbonyl (C=O) groups is 3. The first kappa shape index (κ1) is 19.0. The summed E-state index contributed by atoms with van der Waals surface area (Å²) in [6, 6.07) is 13.9. The summed E-state index contributed by atoms with van der Waals surface area (Å²) in [6.07, 6.45) is -1.15. The Hall–Kier alpha value is -3.74. The van der Waals surface area contributed by atoms with E-state index < -0.39 is 18.0 Å². The number of hydrogen-bond donors (Lipinski definition) is 1. The van der Waals surface area contributed by atoms with Crippen molar-refractivity contribution < 1.29 is 23.5 Å². The van der Waals surface area contributed by atoms with Crippen LogP contribution in [0.2, 0.25) is 0 Å². The Kier molecular flexibility index (Phi) is 5.35. The maximum atomic E-state index is 12.3. The van der Waals surface area contributed by atoms with Crippen LogP contribution in [0.25, 0.3) is 11.0 Å². The predicted molar refractivity (Wildman–Crippen MR) is 102 cm³/mol. The van der Waals surface area contributed by atoms with Crippen molar-refractivity contribution in [2.75, 3.05) is 5.32 Å². The molecular formula is C21H17NO6. The summed E-state index contributed by atoms with van der Waals surface area (Å²) in [5.74, 6) is -1.94. The van der Waals surface area contributed by atoms with Gasteiger partial charge in [0.15, 0.2) is 17.3 Å². The van der Waals surface area contributed by atoms with E-state index in [0.717, 1.165) is 6.07 Å². The summed E-state index contributed by atoms with van der Waals surface area (Å²) in [4.78, 5) is 48.0. The number of amides is 1. The topological polar surface area (TPSA) is 103 Å². The fourth-order valence-electron chi connectivity index (χ4n) is 2.54. The second-order valence-electron chi connectivity index (χ2n) is 6.14. The maximum absolute atomic E-state index is 12.3. The van der Waals surface area contributed by atoms with Gasteiger partial charge in [-0.3, -0.25) is 14.4 Å². The maximum Gasteiger partial charge on any atom is 0.375 e. The van der Waals surface area contributed by atoms with E-state index in [9.17, 15) is 19.2 Å². The van der Waals surface area contributed by atoms with Crippen LogP contribution < -0.4 is 10.7 Å². The number of esters is 1. The fraction of sp³-hybridized carbons (Fsp3) is 0.143. The molecule has 1 amide bonds. The van der Waals surface area contributed by atoms with Gasteiger partial charge in [0.25, 0.3) is 5.91 Å². The van der Waals surface area contributed by atoms with Crippen molar-refractivity contribution in [1.82, 2.24) is 0 Å². The molecule has 7 heteroatoms. The molecule has 0 aliphatic heterocycles. The SMILES string of the molecule is CC(=O)c1cccc(NC(=O)C(C)OC(=O)c2cc(=O)c3ccccc3o2)c1. The van der Waals surface area contributed by atoms with Gasteiger partial charge in [-0.2, -0.15) is 0 Å². The van der Waals surface area contributed by atoms with Crippen molar-refractivity contribution in [3.05, 3.63) is 76.1 Å². The van der Waals surface area contributed by atoms with Gasteiger partial charge in [-0.1, -0.05) is 24.3 Å². The molecule has 0 aliphatic rings. The molecule has 2 aromatic carbocycles. The Balaban J connectivity index is 1.72. The third-order valence-corrected chi connectivity index (χ3v) is 4.03. The molecule has 1 unspecified atom stereocenters. The van der Waals surface area contributed by atoms with Crippen LogP contribution in [0.15, 0.2) is 63.8 Å². The van der Waals surface area contributed by atoms with Crippen molar-refractivity contribution in [2.24, 2.45) is 0 Å². The number of benzene rings is 2. The lowest BCUT2D eigenvalue weighted by molar-refractivity contribution is -0.123. The monoisotopic (exact) mass is 379 g/mol. The minimum atomic E-state index is -1.15. The molecule has 7 nitrogen and oxygen atoms in total. The number of anilines is 1. The summed E-state index contributed by atoms with van der Waals surface area (Å²) in [5.41, 5.74) is 0.713. The molecular weight excluding hydrogens is 362 g/mol. The van der Waals surface area contributed by atoms with Gasteiger partial charge in [0, 0.05) is 17.3 Å². The number of ether oxygens (including phenoxy) is 1. The second kappa shape index (κ2) is 7.87. The molecule has 0 radical (unpaired) electrons. The number of Topliss-reactive ketones (excluding diaryl/α,β-unsaturated/α-hetero) is 1. The van der Waals surface area contributed by atoms with Gasteiger partial charge in [-0.15, -0.1) is 0 Å². The van der Waals surface area contributed by atoms with Crippen LogP contribution in [0.3, 0.4) is 0 Å². The van der Waals surface area contributed by atoms with Crippen LogP contribution in [-0.2, 0) is 9.53 Å². The minimum Gasteiger partial charge on any atom is -0.449 e. The molecule has 28 heavy (non-hydrogen) atoms. The van der Waals surface area contributed by atoms with Crippen molar-refractivity contribution in [3.63, 3.8) is 0 Å². The molecule has 142 valence electrons. The van der Waals surface area contributed by atoms with Crippen LogP contribution in [0, 0.1) is 0 Å². The Labute approximate surface area is 159 Å². The molecule has 1 N–H and O–H groups in total. The smallest absolute Gasteiger partial charge is 0.375 e. The van der Waals surface area contributed by atoms with Gasteiger partial charge < -0.3 is 14.5 Å². The number of fused-ring (bicyclic) bond motifs is 1. The predicted octanol–water partition coefficient (Wildman–Crippen LogP) is 3.18. The zero-order chi connectivity index (χ0) is 20.3. The zero-order valence-corrected chi connectivity index (χ0v) is 15.2. The van der Waals surface area contributed by atoms with E-state index >= 15 is 0 Å². The average Bonchev–Trinajstić information content (AvgIpc) is 2.68. The normalized spacial score (nSPS) is 11.6. The van der Waals surface area contributed by atoms with E-state index in [1.54, 1.807) is 42.5 Å². The first-order valence-electron chi connectivity index (χ1n) is 8.51. The van der Waals surface area contributed by atoms with E-state index in [1.165, 1.54) is 19.9 Å². The van der Waals surface area contributed by atoms with E-state index in [-0.39, 0.29) is 22.6 Å². The molecule has 1 heterocycles. The van der Waals surface area contributed by atoms with Gasteiger partial charge in [0.1, 0.15) is 5.58 Å². The Morgan fingerprint density at radius 1 is 1.04 bits per heavy atom. The van der Waals surface area contributed by atoms with Crippen molar-refractivity contribution in [3.8, 4) is 0 Å². The Morgan fingerprint density at radius 2 is 1.79 bits per heavy atom. The average molecular weight is 379 g/mol. The van der Waals surface area contributed by atoms with Crippen molar-refractivity contribution >= 4 is 34.3 Å². The summed E-state index contributed by atoms with van der Waals surface area (Å²) < 4.78 is 10.5. The van der Waals surface area contributed by atoms with Crippen molar-refractivity contribution in [1.29, 1.82) is 0 Å². The minimum absolute atomic E-state index is 0.137. The van der Waals surface area contributed by atoms with Gasteiger partial charge >= 0.3 is 5.97 Å². The highest BCUT2D eigenvalue weighted by atomic mass is 16.6. The lowest BCUT2D eigenvalue weighted by Gasteiger charge is -2.13. The number of carbonyl (C=O) groups excluding carboxylic acids is 3. The van der Waals surface area contributed by atoms with Gasteiger partial charge in [-0.05, 0) is 38.1 Å². The summed E-state index contributed by atoms with van der Waals surface area (Å²) in [5, 5.41) is 2.92. The fourth-order valence-corrected chi connectivity index (χ4v) is 2.54. The summed E-state index contributed by atoms with van der Waals surface area (Å²) >= 11 is 0. The van der Waals surface area contributed by atoms with Crippen LogP contribution >= 0.6 is 0 Å². The van der Waals surface area contributed by atoms with Gasteiger partial charge in [-0.25, -0.2) is 4.79 Å². The van der Waals surface area contributed by atoms with E-state index in [0.29, 0.717) is 16.6 Å². The van der Waals surface area contributed by atoms with E-state index in [2.05, 4.69) is 5.32 Å². The standard InChI is InChI=1S/C21H17NO6/c1-12(23)14-6-5-7-15(10-14)22-20(25)13(2)27-21(26)19-11-17(24)16-8-3-4-9-18(16)28-19/h3-11,13H,1-2H3,(H,22,25). The molecule has 3 rings (SSSR count). The van der Waals surface area contributed by atoms with Gasteiger partial charge in [0.05, 0.1) is 5.39 Å². The number of nitrogens with one attached hydrogen (secondary N) is 1. The summed E-state index contributed by atoms with van der Waals surface area (Å²) in [6.45, 7) is 2.81. The molecule has 0 spiro atoms. The van der Waals surface area contributed by atoms with Crippen molar-refractivity contribution in [2.45, 2.75) is 20.0 Å². The second-order valence-corrected chi connectivity index (χ2v) is 6.14. The van der Waals surface area contributed by atoms with E-state index in [4.69, 9.17) is 9.15 Å². The molecule has 3 aromatic rings. The van der Waals surface area contributed by atoms with Crippen LogP contribution in [-0.4, -0.2) is 23.8 Å². The third kappa shape index (κ3) is 4.15. The zero-order valence-electron chi connectivity index (χ0n) is 15.2. The molecule has 0 fully saturated rings. The number of ketones is 1. The van der Waals surface area contributed by atoms with E-state index in [1.807, 2.05) is 0 Å². The highest BCUT2D eigenvalue weighted by Crippen LogP contribution is 2.15. The van der Waals surface area contributed by atoms with Crippen LogP contribution in [0.4, 0.5) is 5.69 Å². The summed E-state index contributed by atoms with van der Waals surface area (Å²) in [7, 11) is 0. The highest BCUT2D eigenvalue weighted by Gasteiger charge is 2.21. The van der Waals surface area contributed by atoms with Crippen LogP contribution in [0.5, 0.6) is 0 Å². The number of rotatable bonds is 5. The largest absolute Gasteiger partial charge is 0.449 e. The lowest BCUT2D eigenvalue weighted by atomic mass is 10.1. The van der Waals surface area contributed by atoms with Crippen LogP contribution in [0.1, 0.15) is 34.8 Å². The third-order valence-electron chi connectivity index (χ3n) is 4.03. The molecule has 0 bridgehead atoms. The number of hydrogen-bond acceptors (Lipinski definition) is 6. The lowest BCUT2D eigenvalue weighted by Crippen LogP contribution is -2.30. The van der Waals surface area contributed by atoms with Gasteiger partial charge in [0.2, 0.25) is 5.76 Å². The molecule has 1 aromatic heterocycles. The quantitative estimate of drug-likeness (QED) is 0.539. The molecule has 1 atom stereocenters. The highest BCUT2D eigenvalue weighted by molar-refractivity contribution is 5.99.